The monoisotopic (exact) mass is 426 g/mol. The molecule has 2 aromatic heterocycles. The molecule has 3 heterocycles. The lowest BCUT2D eigenvalue weighted by atomic mass is 10.0. The van der Waals surface area contributed by atoms with Crippen LogP contribution in [0, 0.1) is 11.7 Å². The number of aromatic nitrogens is 3. The molecular weight excluding hydrogens is 403 g/mol. The predicted molar refractivity (Wildman–Crippen MR) is 109 cm³/mol. The molecule has 1 atom stereocenters. The predicted octanol–water partition coefficient (Wildman–Crippen LogP) is 3.21. The first-order valence-electron chi connectivity index (χ1n) is 10.0. The molecule has 162 valence electrons. The van der Waals surface area contributed by atoms with Gasteiger partial charge < -0.3 is 19.3 Å². The van der Waals surface area contributed by atoms with Crippen molar-refractivity contribution in [2.75, 3.05) is 13.7 Å². The lowest BCUT2D eigenvalue weighted by Gasteiger charge is -2.13. The maximum absolute atomic E-state index is 14.2. The number of nitrogens with one attached hydrogen (secondary N) is 1. The highest BCUT2D eigenvalue weighted by Crippen LogP contribution is 2.39. The van der Waals surface area contributed by atoms with E-state index in [1.807, 2.05) is 0 Å². The van der Waals surface area contributed by atoms with E-state index in [1.165, 1.54) is 19.2 Å². The van der Waals surface area contributed by atoms with Gasteiger partial charge in [-0.3, -0.25) is 4.79 Å². The van der Waals surface area contributed by atoms with Gasteiger partial charge in [0, 0.05) is 36.1 Å². The van der Waals surface area contributed by atoms with Crippen LogP contribution < -0.4 is 14.8 Å². The Labute approximate surface area is 178 Å². The second-order valence-corrected chi connectivity index (χ2v) is 7.83. The van der Waals surface area contributed by atoms with Gasteiger partial charge in [-0.25, -0.2) is 4.39 Å². The summed E-state index contributed by atoms with van der Waals surface area (Å²) in [6.45, 7) is 4.37. The molecule has 0 bridgehead atoms. The molecule has 0 fully saturated rings. The summed E-state index contributed by atoms with van der Waals surface area (Å²) in [7, 11) is 1.50. The summed E-state index contributed by atoms with van der Waals surface area (Å²) in [6, 6.07) is 7.79. The fraction of sp³-hybridized carbons (Fsp3) is 0.364. The van der Waals surface area contributed by atoms with Crippen molar-refractivity contribution in [3.05, 3.63) is 53.2 Å². The smallest absolute Gasteiger partial charge is 0.273 e. The van der Waals surface area contributed by atoms with Gasteiger partial charge in [-0.05, 0) is 24.1 Å². The number of benzene rings is 1. The Hall–Kier alpha value is -3.49. The quantitative estimate of drug-likeness (QED) is 0.619. The molecule has 0 saturated heterocycles. The van der Waals surface area contributed by atoms with Gasteiger partial charge in [0.1, 0.15) is 23.4 Å². The maximum Gasteiger partial charge on any atom is 0.273 e. The summed E-state index contributed by atoms with van der Waals surface area (Å²) in [4.78, 5) is 12.4. The van der Waals surface area contributed by atoms with Crippen molar-refractivity contribution in [3.8, 4) is 22.9 Å². The van der Waals surface area contributed by atoms with Crippen LogP contribution in [0.2, 0.25) is 0 Å². The molecule has 0 spiro atoms. The van der Waals surface area contributed by atoms with E-state index in [4.69, 9.17) is 14.0 Å². The van der Waals surface area contributed by atoms with E-state index >= 15 is 0 Å². The van der Waals surface area contributed by atoms with Gasteiger partial charge in [0.05, 0.1) is 19.3 Å². The van der Waals surface area contributed by atoms with E-state index in [2.05, 4.69) is 34.5 Å². The third-order valence-corrected chi connectivity index (χ3v) is 4.88. The zero-order chi connectivity index (χ0) is 22.0. The summed E-state index contributed by atoms with van der Waals surface area (Å²) in [5, 5.41) is 14.7. The number of carbonyl (C=O) groups is 1. The largest absolute Gasteiger partial charge is 0.487 e. The average Bonchev–Trinajstić information content (AvgIpc) is 3.37. The van der Waals surface area contributed by atoms with Gasteiger partial charge in [0.25, 0.3) is 5.91 Å². The average molecular weight is 426 g/mol. The maximum atomic E-state index is 14.2. The van der Waals surface area contributed by atoms with Gasteiger partial charge in [0.15, 0.2) is 5.69 Å². The first kappa shape index (κ1) is 20.8. The van der Waals surface area contributed by atoms with Crippen molar-refractivity contribution in [2.24, 2.45) is 5.92 Å². The molecular formula is C22H23FN4O4. The summed E-state index contributed by atoms with van der Waals surface area (Å²) in [5.74, 6) is 1.25. The zero-order valence-corrected chi connectivity index (χ0v) is 17.5. The van der Waals surface area contributed by atoms with E-state index in [1.54, 1.807) is 18.2 Å². The van der Waals surface area contributed by atoms with Crippen LogP contribution >= 0.6 is 0 Å². The second kappa shape index (κ2) is 8.71. The van der Waals surface area contributed by atoms with E-state index in [0.717, 1.165) is 0 Å². The molecule has 0 aliphatic carbocycles. The fourth-order valence-electron chi connectivity index (χ4n) is 3.49. The van der Waals surface area contributed by atoms with Gasteiger partial charge in [-0.1, -0.05) is 19.0 Å². The fourth-order valence-corrected chi connectivity index (χ4v) is 3.49. The summed E-state index contributed by atoms with van der Waals surface area (Å²) in [5.41, 5.74) is 1.93. The molecule has 3 aromatic rings. The molecule has 31 heavy (non-hydrogen) atoms. The second-order valence-electron chi connectivity index (χ2n) is 7.83. The summed E-state index contributed by atoms with van der Waals surface area (Å²) >= 11 is 0. The first-order valence-corrected chi connectivity index (χ1v) is 10.0. The Kier molecular flexibility index (Phi) is 5.83. The van der Waals surface area contributed by atoms with Crippen LogP contribution in [0.25, 0.3) is 11.3 Å². The molecule has 0 saturated carbocycles. The standard InChI is InChI=1S/C22H23FN4O4/c1-12(2)6-15-10-19(27-31-15)22(28)24-11-16-8-13-7-14(23)9-17(21(13)30-16)18-4-5-20(29-3)26-25-18/h4-5,7,9-10,12,16H,6,8,11H2,1-3H3,(H,24,28)/t16-/m1/s1. The molecule has 8 nitrogen and oxygen atoms in total. The molecule has 0 unspecified atom stereocenters. The minimum atomic E-state index is -0.389. The minimum Gasteiger partial charge on any atom is -0.487 e. The van der Waals surface area contributed by atoms with Crippen molar-refractivity contribution < 1.29 is 23.2 Å². The van der Waals surface area contributed by atoms with Crippen LogP contribution in [0.4, 0.5) is 4.39 Å². The van der Waals surface area contributed by atoms with Gasteiger partial charge in [0.2, 0.25) is 5.88 Å². The first-order chi connectivity index (χ1) is 14.9. The summed E-state index contributed by atoms with van der Waals surface area (Å²) in [6.07, 6.45) is 0.832. The van der Waals surface area contributed by atoms with Gasteiger partial charge in [-0.15, -0.1) is 10.2 Å². The molecule has 1 amide bonds. The van der Waals surface area contributed by atoms with Crippen LogP contribution in [-0.4, -0.2) is 41.0 Å². The Bertz CT molecular complexity index is 1080. The number of rotatable bonds is 7. The Morgan fingerprint density at radius 1 is 1.29 bits per heavy atom. The number of hydrogen-bond donors (Lipinski definition) is 1. The highest BCUT2D eigenvalue weighted by Gasteiger charge is 2.28. The van der Waals surface area contributed by atoms with Crippen molar-refractivity contribution in [1.82, 2.24) is 20.7 Å². The van der Waals surface area contributed by atoms with Crippen molar-refractivity contribution in [3.63, 3.8) is 0 Å². The topological polar surface area (TPSA) is 99.4 Å². The SMILES string of the molecule is COc1ccc(-c2cc(F)cc3c2O[C@@H](CNC(=O)c2cc(CC(C)C)on2)C3)nn1. The highest BCUT2D eigenvalue weighted by molar-refractivity contribution is 5.92. The third kappa shape index (κ3) is 4.65. The molecule has 4 rings (SSSR count). The molecule has 0 radical (unpaired) electrons. The van der Waals surface area contributed by atoms with E-state index < -0.39 is 0 Å². The number of fused-ring (bicyclic) bond motifs is 1. The van der Waals surface area contributed by atoms with Crippen LogP contribution in [0.5, 0.6) is 11.6 Å². The van der Waals surface area contributed by atoms with Gasteiger partial charge >= 0.3 is 0 Å². The molecule has 1 aliphatic rings. The van der Waals surface area contributed by atoms with Gasteiger partial charge in [-0.2, -0.15) is 0 Å². The normalized spacial score (nSPS) is 14.9. The number of hydrogen-bond acceptors (Lipinski definition) is 7. The van der Waals surface area contributed by atoms with E-state index in [-0.39, 0.29) is 30.1 Å². The number of amides is 1. The van der Waals surface area contributed by atoms with Crippen molar-refractivity contribution in [2.45, 2.75) is 32.8 Å². The Balaban J connectivity index is 1.43. The summed E-state index contributed by atoms with van der Waals surface area (Å²) < 4.78 is 30.4. The molecule has 1 aromatic carbocycles. The van der Waals surface area contributed by atoms with Crippen LogP contribution in [0.1, 0.15) is 35.7 Å². The zero-order valence-electron chi connectivity index (χ0n) is 17.5. The van der Waals surface area contributed by atoms with E-state index in [9.17, 15) is 9.18 Å². The number of methoxy groups -OCH3 is 1. The molecule has 1 N–H and O–H groups in total. The van der Waals surface area contributed by atoms with Crippen molar-refractivity contribution >= 4 is 5.91 Å². The number of nitrogens with zero attached hydrogens (tertiary/aromatic N) is 3. The lowest BCUT2D eigenvalue weighted by molar-refractivity contribution is 0.0924. The molecule has 1 aliphatic heterocycles. The van der Waals surface area contributed by atoms with Crippen molar-refractivity contribution in [1.29, 1.82) is 0 Å². The number of halogens is 1. The Morgan fingerprint density at radius 3 is 2.84 bits per heavy atom. The minimum absolute atomic E-state index is 0.228. The lowest BCUT2D eigenvalue weighted by Crippen LogP contribution is -2.34. The van der Waals surface area contributed by atoms with Crippen LogP contribution in [0.3, 0.4) is 0 Å². The number of ether oxygens (including phenoxy) is 2. The third-order valence-electron chi connectivity index (χ3n) is 4.88. The van der Waals surface area contributed by atoms with E-state index in [0.29, 0.717) is 53.0 Å². The van der Waals surface area contributed by atoms with Crippen LogP contribution in [-0.2, 0) is 12.8 Å². The Morgan fingerprint density at radius 2 is 2.13 bits per heavy atom. The number of carbonyl (C=O) groups excluding carboxylic acids is 1. The highest BCUT2D eigenvalue weighted by atomic mass is 19.1. The van der Waals surface area contributed by atoms with Crippen LogP contribution in [0.15, 0.2) is 34.9 Å². The molecule has 9 heteroatoms.